The van der Waals surface area contributed by atoms with E-state index < -0.39 is 10.0 Å². The Morgan fingerprint density at radius 3 is 2.23 bits per heavy atom. The molecule has 164 valence electrons. The number of amides is 1. The van der Waals surface area contributed by atoms with E-state index in [1.165, 1.54) is 17.0 Å². The fourth-order valence-corrected chi connectivity index (χ4v) is 3.92. The predicted octanol–water partition coefficient (Wildman–Crippen LogP) is 2.91. The van der Waals surface area contributed by atoms with Crippen molar-refractivity contribution in [1.29, 1.82) is 0 Å². The number of hydrogen-bond donors (Lipinski definition) is 1. The fraction of sp³-hybridized carbons (Fsp3) is 0.409. The third-order valence-electron chi connectivity index (χ3n) is 4.39. The first-order valence-electron chi connectivity index (χ1n) is 9.89. The third kappa shape index (κ3) is 7.35. The van der Waals surface area contributed by atoms with Crippen LogP contribution in [-0.4, -0.2) is 52.6 Å². The van der Waals surface area contributed by atoms with E-state index >= 15 is 0 Å². The van der Waals surface area contributed by atoms with Crippen LogP contribution in [0.3, 0.4) is 0 Å². The van der Waals surface area contributed by atoms with Gasteiger partial charge >= 0.3 is 0 Å². The topological polar surface area (TPSA) is 84.9 Å². The SMILES string of the molecule is CCOc1ccc(S(=O)(=O)NCCC(=O)N(C)CCOc2cc(C)cc(C)c2)cc1. The van der Waals surface area contributed by atoms with Crippen LogP contribution in [0.5, 0.6) is 11.5 Å². The minimum atomic E-state index is -3.68. The number of hydrogen-bond acceptors (Lipinski definition) is 5. The highest BCUT2D eigenvalue weighted by atomic mass is 32.2. The zero-order valence-electron chi connectivity index (χ0n) is 18.0. The summed E-state index contributed by atoms with van der Waals surface area (Å²) in [6.07, 6.45) is 0.0658. The van der Waals surface area contributed by atoms with Gasteiger partial charge in [0, 0.05) is 20.0 Å². The van der Waals surface area contributed by atoms with E-state index in [0.717, 1.165) is 16.9 Å². The van der Waals surface area contributed by atoms with Crippen molar-refractivity contribution in [2.75, 3.05) is 33.4 Å². The molecular weight excluding hydrogens is 404 g/mol. The van der Waals surface area contributed by atoms with Crippen LogP contribution in [0.4, 0.5) is 0 Å². The molecule has 7 nitrogen and oxygen atoms in total. The van der Waals surface area contributed by atoms with Gasteiger partial charge in [0.05, 0.1) is 18.0 Å². The van der Waals surface area contributed by atoms with Gasteiger partial charge in [-0.2, -0.15) is 0 Å². The van der Waals surface area contributed by atoms with Crippen LogP contribution in [0.2, 0.25) is 0 Å². The van der Waals surface area contributed by atoms with Gasteiger partial charge in [0.15, 0.2) is 0 Å². The minimum Gasteiger partial charge on any atom is -0.494 e. The lowest BCUT2D eigenvalue weighted by molar-refractivity contribution is -0.130. The highest BCUT2D eigenvalue weighted by molar-refractivity contribution is 7.89. The second-order valence-electron chi connectivity index (χ2n) is 7.04. The summed E-state index contributed by atoms with van der Waals surface area (Å²) in [5, 5.41) is 0. The van der Waals surface area contributed by atoms with Gasteiger partial charge in [0.2, 0.25) is 15.9 Å². The molecule has 1 amide bonds. The highest BCUT2D eigenvalue weighted by Crippen LogP contribution is 2.17. The molecule has 2 rings (SSSR count). The molecule has 0 saturated heterocycles. The first kappa shape index (κ1) is 23.7. The Bertz CT molecular complexity index is 922. The Labute approximate surface area is 179 Å². The zero-order chi connectivity index (χ0) is 22.1. The van der Waals surface area contributed by atoms with Gasteiger partial charge in [-0.1, -0.05) is 6.07 Å². The van der Waals surface area contributed by atoms with E-state index in [2.05, 4.69) is 10.8 Å². The molecule has 0 atom stereocenters. The summed E-state index contributed by atoms with van der Waals surface area (Å²) >= 11 is 0. The van der Waals surface area contributed by atoms with E-state index in [4.69, 9.17) is 9.47 Å². The van der Waals surface area contributed by atoms with Gasteiger partial charge < -0.3 is 14.4 Å². The summed E-state index contributed by atoms with van der Waals surface area (Å²) in [7, 11) is -2.00. The molecule has 30 heavy (non-hydrogen) atoms. The van der Waals surface area contributed by atoms with Crippen molar-refractivity contribution in [2.45, 2.75) is 32.1 Å². The molecule has 2 aromatic rings. The molecule has 0 aliphatic carbocycles. The van der Waals surface area contributed by atoms with Crippen LogP contribution in [0.1, 0.15) is 24.5 Å². The van der Waals surface area contributed by atoms with Gasteiger partial charge in [0.25, 0.3) is 0 Å². The van der Waals surface area contributed by atoms with Crippen LogP contribution >= 0.6 is 0 Å². The molecule has 0 heterocycles. The molecule has 0 aliphatic heterocycles. The van der Waals surface area contributed by atoms with E-state index in [1.54, 1.807) is 19.2 Å². The normalized spacial score (nSPS) is 11.2. The standard InChI is InChI=1S/C22H30N2O5S/c1-5-28-19-6-8-21(9-7-19)30(26,27)23-11-10-22(25)24(4)12-13-29-20-15-17(2)14-18(3)16-20/h6-9,14-16,23H,5,10-13H2,1-4H3. The molecule has 8 heteroatoms. The first-order chi connectivity index (χ1) is 14.2. The van der Waals surface area contributed by atoms with Gasteiger partial charge in [-0.05, 0) is 68.3 Å². The van der Waals surface area contributed by atoms with E-state index in [0.29, 0.717) is 25.5 Å². The van der Waals surface area contributed by atoms with Crippen molar-refractivity contribution < 1.29 is 22.7 Å². The summed E-state index contributed by atoms with van der Waals surface area (Å²) in [4.78, 5) is 13.9. The average molecular weight is 435 g/mol. The molecule has 0 aliphatic rings. The van der Waals surface area contributed by atoms with Crippen LogP contribution in [0.15, 0.2) is 47.4 Å². The summed E-state index contributed by atoms with van der Waals surface area (Å²) in [6, 6.07) is 12.1. The van der Waals surface area contributed by atoms with Crippen LogP contribution < -0.4 is 14.2 Å². The molecule has 0 unspecified atom stereocenters. The summed E-state index contributed by atoms with van der Waals surface area (Å²) in [6.45, 7) is 7.18. The van der Waals surface area contributed by atoms with Gasteiger partial charge in [0.1, 0.15) is 18.1 Å². The Morgan fingerprint density at radius 1 is 1.00 bits per heavy atom. The lowest BCUT2D eigenvalue weighted by atomic mass is 10.1. The van der Waals surface area contributed by atoms with E-state index in [-0.39, 0.29) is 23.8 Å². The second-order valence-corrected chi connectivity index (χ2v) is 8.81. The second kappa shape index (κ2) is 11.0. The number of aryl methyl sites for hydroxylation is 2. The van der Waals surface area contributed by atoms with Crippen LogP contribution in [-0.2, 0) is 14.8 Å². The van der Waals surface area contributed by atoms with Crippen molar-refractivity contribution in [2.24, 2.45) is 0 Å². The smallest absolute Gasteiger partial charge is 0.240 e. The molecule has 0 radical (unpaired) electrons. The van der Waals surface area contributed by atoms with Crippen molar-refractivity contribution in [1.82, 2.24) is 9.62 Å². The van der Waals surface area contributed by atoms with Gasteiger partial charge in [-0.15, -0.1) is 0 Å². The maximum Gasteiger partial charge on any atom is 0.240 e. The summed E-state index contributed by atoms with van der Waals surface area (Å²) in [5.41, 5.74) is 2.24. The molecular formula is C22H30N2O5S. The maximum atomic E-state index is 12.3. The van der Waals surface area contributed by atoms with Crippen LogP contribution in [0.25, 0.3) is 0 Å². The number of rotatable bonds is 11. The van der Waals surface area contributed by atoms with E-state index in [1.807, 2.05) is 32.9 Å². The third-order valence-corrected chi connectivity index (χ3v) is 5.87. The van der Waals surface area contributed by atoms with Crippen molar-refractivity contribution in [3.8, 4) is 11.5 Å². The van der Waals surface area contributed by atoms with E-state index in [9.17, 15) is 13.2 Å². The van der Waals surface area contributed by atoms with Crippen LogP contribution in [0, 0.1) is 13.8 Å². The molecule has 1 N–H and O–H groups in total. The molecule has 0 spiro atoms. The number of ether oxygens (including phenoxy) is 2. The highest BCUT2D eigenvalue weighted by Gasteiger charge is 2.15. The summed E-state index contributed by atoms with van der Waals surface area (Å²) < 4.78 is 38.2. The predicted molar refractivity (Wildman–Crippen MR) is 116 cm³/mol. The van der Waals surface area contributed by atoms with Gasteiger partial charge in [-0.25, -0.2) is 13.1 Å². The Kier molecular flexibility index (Phi) is 8.68. The lowest BCUT2D eigenvalue weighted by Crippen LogP contribution is -2.34. The number of sulfonamides is 1. The largest absolute Gasteiger partial charge is 0.494 e. The molecule has 0 saturated carbocycles. The molecule has 0 bridgehead atoms. The average Bonchev–Trinajstić information content (AvgIpc) is 2.67. The fourth-order valence-electron chi connectivity index (χ4n) is 2.89. The van der Waals surface area contributed by atoms with Crippen molar-refractivity contribution in [3.63, 3.8) is 0 Å². The van der Waals surface area contributed by atoms with Gasteiger partial charge in [-0.3, -0.25) is 4.79 Å². The maximum absolute atomic E-state index is 12.3. The zero-order valence-corrected chi connectivity index (χ0v) is 18.8. The first-order valence-corrected chi connectivity index (χ1v) is 11.4. The number of likely N-dealkylation sites (N-methyl/N-ethyl adjacent to an activating group) is 1. The molecule has 2 aromatic carbocycles. The molecule has 0 aromatic heterocycles. The number of nitrogens with zero attached hydrogens (tertiary/aromatic N) is 1. The number of nitrogens with one attached hydrogen (secondary N) is 1. The Hall–Kier alpha value is -2.58. The monoisotopic (exact) mass is 434 g/mol. The minimum absolute atomic E-state index is 0.0245. The van der Waals surface area contributed by atoms with Crippen molar-refractivity contribution in [3.05, 3.63) is 53.6 Å². The Balaban J connectivity index is 1.76. The summed E-state index contributed by atoms with van der Waals surface area (Å²) in [5.74, 6) is 1.22. The quantitative estimate of drug-likeness (QED) is 0.588. The lowest BCUT2D eigenvalue weighted by Gasteiger charge is -2.18. The van der Waals surface area contributed by atoms with Crippen molar-refractivity contribution >= 4 is 15.9 Å². The number of carbonyl (C=O) groups excluding carboxylic acids is 1. The Morgan fingerprint density at radius 2 is 1.63 bits per heavy atom. The molecule has 0 fully saturated rings. The number of benzene rings is 2. The number of carbonyl (C=O) groups is 1.